The molecule has 0 radical (unpaired) electrons. The highest BCUT2D eigenvalue weighted by molar-refractivity contribution is 5.71. The average molecular weight is 267 g/mol. The molecule has 5 heteroatoms. The normalized spacial score (nSPS) is 31.4. The van der Waals surface area contributed by atoms with Gasteiger partial charge in [0.05, 0.1) is 6.54 Å². The Morgan fingerprint density at radius 2 is 2.05 bits per heavy atom. The first-order chi connectivity index (χ1) is 8.90. The first kappa shape index (κ1) is 13.2. The summed E-state index contributed by atoms with van der Waals surface area (Å²) in [6, 6.07) is 0.323. The maximum absolute atomic E-state index is 12.1. The Labute approximate surface area is 115 Å². The van der Waals surface area contributed by atoms with E-state index in [1.54, 1.807) is 0 Å². The number of carbonyl (C=O) groups excluding carboxylic acids is 1. The lowest BCUT2D eigenvalue weighted by atomic mass is 9.88. The number of hydrogen-bond donors (Lipinski definition) is 1. The van der Waals surface area contributed by atoms with Gasteiger partial charge in [-0.3, -0.25) is 9.80 Å². The number of rotatable bonds is 1. The Bertz CT molecular complexity index is 365. The third-order valence-corrected chi connectivity index (χ3v) is 4.62. The maximum atomic E-state index is 12.1. The molecule has 0 aromatic heterocycles. The standard InChI is InChI=1S/C14H25N3O2/c1-13(2,3)16-8-14(9-16)10-17(12(18)19-14)11-5-4-6-15-7-11/h11,15H,4-10H2,1-3H3. The van der Waals surface area contributed by atoms with Crippen molar-refractivity contribution in [1.29, 1.82) is 0 Å². The second kappa shape index (κ2) is 4.35. The summed E-state index contributed by atoms with van der Waals surface area (Å²) in [5.74, 6) is 0. The van der Waals surface area contributed by atoms with Gasteiger partial charge in [0.25, 0.3) is 0 Å². The minimum absolute atomic E-state index is 0.109. The molecule has 3 aliphatic heterocycles. The minimum Gasteiger partial charge on any atom is -0.438 e. The van der Waals surface area contributed by atoms with E-state index in [0.717, 1.165) is 45.6 Å². The van der Waals surface area contributed by atoms with E-state index in [-0.39, 0.29) is 17.2 Å². The van der Waals surface area contributed by atoms with Crippen LogP contribution in [0.5, 0.6) is 0 Å². The Hall–Kier alpha value is -0.810. The number of amides is 1. The summed E-state index contributed by atoms with van der Waals surface area (Å²) in [6.07, 6.45) is 2.14. The van der Waals surface area contributed by atoms with E-state index < -0.39 is 0 Å². The number of hydrogen-bond acceptors (Lipinski definition) is 4. The molecular formula is C14H25N3O2. The first-order valence-electron chi connectivity index (χ1n) is 7.35. The second-order valence-corrected chi connectivity index (χ2v) is 7.21. The molecule has 19 heavy (non-hydrogen) atoms. The molecule has 0 bridgehead atoms. The van der Waals surface area contributed by atoms with Gasteiger partial charge in [-0.15, -0.1) is 0 Å². The smallest absolute Gasteiger partial charge is 0.410 e. The quantitative estimate of drug-likeness (QED) is 0.771. The van der Waals surface area contributed by atoms with Crippen LogP contribution < -0.4 is 5.32 Å². The van der Waals surface area contributed by atoms with Crippen LogP contribution in [0.3, 0.4) is 0 Å². The molecule has 1 atom stereocenters. The molecule has 3 rings (SSSR count). The van der Waals surface area contributed by atoms with E-state index in [9.17, 15) is 4.79 Å². The largest absolute Gasteiger partial charge is 0.438 e. The van der Waals surface area contributed by atoms with Crippen LogP contribution in [0.25, 0.3) is 0 Å². The summed E-state index contributed by atoms with van der Waals surface area (Å²) in [5, 5.41) is 3.37. The van der Waals surface area contributed by atoms with E-state index in [4.69, 9.17) is 4.74 Å². The van der Waals surface area contributed by atoms with Gasteiger partial charge >= 0.3 is 6.09 Å². The Morgan fingerprint density at radius 3 is 2.63 bits per heavy atom. The summed E-state index contributed by atoms with van der Waals surface area (Å²) in [7, 11) is 0. The number of ether oxygens (including phenoxy) is 1. The predicted octanol–water partition coefficient (Wildman–Crippen LogP) is 1.04. The predicted molar refractivity (Wildman–Crippen MR) is 73.1 cm³/mol. The van der Waals surface area contributed by atoms with Crippen molar-refractivity contribution in [2.24, 2.45) is 0 Å². The van der Waals surface area contributed by atoms with Crippen molar-refractivity contribution in [3.8, 4) is 0 Å². The van der Waals surface area contributed by atoms with Crippen molar-refractivity contribution < 1.29 is 9.53 Å². The SMILES string of the molecule is CC(C)(C)N1CC2(CN(C3CCCNC3)C(=O)O2)C1. The molecule has 3 saturated heterocycles. The molecule has 3 heterocycles. The van der Waals surface area contributed by atoms with Crippen LogP contribution in [0.1, 0.15) is 33.6 Å². The molecule has 1 spiro atoms. The molecule has 5 nitrogen and oxygen atoms in total. The van der Waals surface area contributed by atoms with Crippen molar-refractivity contribution in [1.82, 2.24) is 15.1 Å². The second-order valence-electron chi connectivity index (χ2n) is 7.21. The average Bonchev–Trinajstić information content (AvgIpc) is 2.65. The van der Waals surface area contributed by atoms with Crippen molar-refractivity contribution in [3.63, 3.8) is 0 Å². The lowest BCUT2D eigenvalue weighted by Gasteiger charge is -2.52. The van der Waals surface area contributed by atoms with E-state index in [2.05, 4.69) is 31.0 Å². The van der Waals surface area contributed by atoms with Crippen LogP contribution in [0.4, 0.5) is 4.79 Å². The van der Waals surface area contributed by atoms with Gasteiger partial charge in [0, 0.05) is 31.2 Å². The number of nitrogens with zero attached hydrogens (tertiary/aromatic N) is 2. The molecule has 108 valence electrons. The summed E-state index contributed by atoms with van der Waals surface area (Å²) in [4.78, 5) is 16.4. The van der Waals surface area contributed by atoms with Crippen LogP contribution >= 0.6 is 0 Å². The topological polar surface area (TPSA) is 44.8 Å². The third kappa shape index (κ3) is 2.34. The van der Waals surface area contributed by atoms with Crippen molar-refractivity contribution in [2.45, 2.75) is 50.8 Å². The number of piperidine rings is 1. The first-order valence-corrected chi connectivity index (χ1v) is 7.35. The summed E-state index contributed by atoms with van der Waals surface area (Å²) >= 11 is 0. The Balaban J connectivity index is 1.62. The maximum Gasteiger partial charge on any atom is 0.410 e. The third-order valence-electron chi connectivity index (χ3n) is 4.62. The summed E-state index contributed by atoms with van der Waals surface area (Å²) < 4.78 is 5.69. The fourth-order valence-electron chi connectivity index (χ4n) is 3.32. The van der Waals surface area contributed by atoms with Crippen LogP contribution in [-0.2, 0) is 4.74 Å². The molecule has 0 aliphatic carbocycles. The highest BCUT2D eigenvalue weighted by atomic mass is 16.6. The molecule has 3 fully saturated rings. The van der Waals surface area contributed by atoms with Gasteiger partial charge in [-0.1, -0.05) is 0 Å². The van der Waals surface area contributed by atoms with E-state index in [1.807, 2.05) is 4.90 Å². The zero-order valence-corrected chi connectivity index (χ0v) is 12.2. The van der Waals surface area contributed by atoms with Crippen LogP contribution in [0, 0.1) is 0 Å². The van der Waals surface area contributed by atoms with Gasteiger partial charge in [0.2, 0.25) is 0 Å². The van der Waals surface area contributed by atoms with Gasteiger partial charge < -0.3 is 10.1 Å². The molecule has 1 amide bonds. The van der Waals surface area contributed by atoms with Crippen molar-refractivity contribution >= 4 is 6.09 Å². The molecule has 1 unspecified atom stereocenters. The van der Waals surface area contributed by atoms with Crippen LogP contribution in [0.15, 0.2) is 0 Å². The van der Waals surface area contributed by atoms with Gasteiger partial charge in [-0.25, -0.2) is 4.79 Å². The van der Waals surface area contributed by atoms with E-state index in [0.29, 0.717) is 6.04 Å². The molecule has 0 aromatic carbocycles. The molecule has 0 aromatic rings. The summed E-state index contributed by atoms with van der Waals surface area (Å²) in [5.41, 5.74) is -0.0702. The van der Waals surface area contributed by atoms with Crippen LogP contribution in [0.2, 0.25) is 0 Å². The lowest BCUT2D eigenvalue weighted by molar-refractivity contribution is -0.110. The molecular weight excluding hydrogens is 242 g/mol. The summed E-state index contributed by atoms with van der Waals surface area (Å²) in [6.45, 7) is 11.1. The molecule has 0 saturated carbocycles. The van der Waals surface area contributed by atoms with Crippen LogP contribution in [-0.4, -0.2) is 65.8 Å². The van der Waals surface area contributed by atoms with Crippen molar-refractivity contribution in [3.05, 3.63) is 0 Å². The monoisotopic (exact) mass is 267 g/mol. The highest BCUT2D eigenvalue weighted by Crippen LogP contribution is 2.37. The Kier molecular flexibility index (Phi) is 3.02. The van der Waals surface area contributed by atoms with E-state index >= 15 is 0 Å². The fourth-order valence-corrected chi connectivity index (χ4v) is 3.32. The van der Waals surface area contributed by atoms with Gasteiger partial charge in [-0.2, -0.15) is 0 Å². The van der Waals surface area contributed by atoms with Crippen molar-refractivity contribution in [2.75, 3.05) is 32.7 Å². The van der Waals surface area contributed by atoms with Gasteiger partial charge in [0.1, 0.15) is 0 Å². The van der Waals surface area contributed by atoms with Gasteiger partial charge in [-0.05, 0) is 40.2 Å². The zero-order chi connectivity index (χ0) is 13.7. The fraction of sp³-hybridized carbons (Fsp3) is 0.929. The number of nitrogens with one attached hydrogen (secondary N) is 1. The Morgan fingerprint density at radius 1 is 1.32 bits per heavy atom. The van der Waals surface area contributed by atoms with Gasteiger partial charge in [0.15, 0.2) is 5.60 Å². The zero-order valence-electron chi connectivity index (χ0n) is 12.2. The highest BCUT2D eigenvalue weighted by Gasteiger charge is 2.56. The molecule has 1 N–H and O–H groups in total. The van der Waals surface area contributed by atoms with E-state index in [1.165, 1.54) is 0 Å². The minimum atomic E-state index is -0.234. The number of likely N-dealkylation sites (tertiary alicyclic amines) is 1. The molecule has 3 aliphatic rings. The number of carbonyl (C=O) groups is 1. The lowest BCUT2D eigenvalue weighted by Crippen LogP contribution is -2.68.